The van der Waals surface area contributed by atoms with Crippen LogP contribution in [-0.4, -0.2) is 18.5 Å². The number of halogens is 1. The van der Waals surface area contributed by atoms with E-state index >= 15 is 0 Å². The normalized spacial score (nSPS) is 19.9. The van der Waals surface area contributed by atoms with Crippen LogP contribution in [0.2, 0.25) is 0 Å². The average molecular weight is 294 g/mol. The van der Waals surface area contributed by atoms with Crippen molar-refractivity contribution in [3.63, 3.8) is 0 Å². The molecular weight excluding hydrogens is 266 g/mol. The second-order valence-electron chi connectivity index (χ2n) is 6.04. The van der Waals surface area contributed by atoms with E-state index in [0.29, 0.717) is 11.8 Å². The minimum atomic E-state index is 0.267. The van der Waals surface area contributed by atoms with E-state index in [-0.39, 0.29) is 5.38 Å². The fourth-order valence-electron chi connectivity index (χ4n) is 3.43. The molecule has 0 saturated heterocycles. The van der Waals surface area contributed by atoms with Crippen LogP contribution >= 0.6 is 11.6 Å². The summed E-state index contributed by atoms with van der Waals surface area (Å²) in [4.78, 5) is 0. The summed E-state index contributed by atoms with van der Waals surface area (Å²) in [5, 5.41) is 3.88. The number of benzene rings is 1. The molecular formula is C18H28ClN. The number of rotatable bonds is 7. The van der Waals surface area contributed by atoms with Crippen molar-refractivity contribution in [1.29, 1.82) is 0 Å². The Bertz CT molecular complexity index is 400. The molecule has 20 heavy (non-hydrogen) atoms. The van der Waals surface area contributed by atoms with Gasteiger partial charge in [0.1, 0.15) is 0 Å². The number of hydrogen-bond acceptors (Lipinski definition) is 1. The van der Waals surface area contributed by atoms with E-state index in [0.717, 1.165) is 13.1 Å². The molecule has 1 aromatic carbocycles. The fourth-order valence-corrected chi connectivity index (χ4v) is 3.89. The van der Waals surface area contributed by atoms with Crippen LogP contribution in [0.15, 0.2) is 24.3 Å². The maximum atomic E-state index is 6.50. The summed E-state index contributed by atoms with van der Waals surface area (Å²) in [7, 11) is 0. The van der Waals surface area contributed by atoms with E-state index in [1.54, 1.807) is 11.1 Å². The van der Waals surface area contributed by atoms with Crippen molar-refractivity contribution in [3.05, 3.63) is 35.4 Å². The van der Waals surface area contributed by atoms with Crippen LogP contribution in [-0.2, 0) is 6.42 Å². The van der Waals surface area contributed by atoms with Crippen LogP contribution < -0.4 is 5.32 Å². The van der Waals surface area contributed by atoms with Crippen LogP contribution in [0.5, 0.6) is 0 Å². The molecule has 2 unspecified atom stereocenters. The van der Waals surface area contributed by atoms with Crippen LogP contribution in [0.3, 0.4) is 0 Å². The Hall–Kier alpha value is -0.530. The Kier molecular flexibility index (Phi) is 6.38. The van der Waals surface area contributed by atoms with Gasteiger partial charge in [0, 0.05) is 18.5 Å². The summed E-state index contributed by atoms with van der Waals surface area (Å²) >= 11 is 6.50. The van der Waals surface area contributed by atoms with Crippen LogP contribution in [0, 0.1) is 5.92 Å². The first-order valence-electron chi connectivity index (χ1n) is 8.18. The Morgan fingerprint density at radius 1 is 1.25 bits per heavy atom. The number of aryl methyl sites for hydroxylation is 1. The number of fused-ring (bicyclic) bond motifs is 1. The molecule has 0 aliphatic heterocycles. The highest BCUT2D eigenvalue weighted by atomic mass is 35.5. The van der Waals surface area contributed by atoms with Crippen molar-refractivity contribution in [2.45, 2.75) is 57.2 Å². The smallest absolute Gasteiger partial charge is 0.0488 e. The van der Waals surface area contributed by atoms with E-state index in [4.69, 9.17) is 11.6 Å². The van der Waals surface area contributed by atoms with Crippen molar-refractivity contribution >= 4 is 11.6 Å². The molecule has 0 heterocycles. The van der Waals surface area contributed by atoms with Crippen molar-refractivity contribution in [1.82, 2.24) is 5.32 Å². The van der Waals surface area contributed by atoms with Crippen LogP contribution in [0.25, 0.3) is 0 Å². The molecule has 0 amide bonds. The molecule has 112 valence electrons. The molecule has 2 heteroatoms. The zero-order valence-corrected chi connectivity index (χ0v) is 13.6. The van der Waals surface area contributed by atoms with Gasteiger partial charge >= 0.3 is 0 Å². The average Bonchev–Trinajstić information content (AvgIpc) is 2.49. The number of hydrogen-bond donors (Lipinski definition) is 1. The molecule has 0 spiro atoms. The van der Waals surface area contributed by atoms with Gasteiger partial charge < -0.3 is 5.32 Å². The molecule has 1 N–H and O–H groups in total. The molecule has 0 aromatic heterocycles. The summed E-state index contributed by atoms with van der Waals surface area (Å²) in [6.07, 6.45) is 6.23. The standard InChI is InChI=1S/C18H28ClN/c1-3-14(4-2)18(19)13-20-12-16-10-7-9-15-8-5-6-11-17(15)16/h5-6,8,11,14,16,18,20H,3-4,7,9-10,12-13H2,1-2H3. The first-order chi connectivity index (χ1) is 9.76. The van der Waals surface area contributed by atoms with Crippen LogP contribution in [0.1, 0.15) is 56.6 Å². The predicted molar refractivity (Wildman–Crippen MR) is 88.7 cm³/mol. The quantitative estimate of drug-likeness (QED) is 0.716. The molecule has 2 rings (SSSR count). The summed E-state index contributed by atoms with van der Waals surface area (Å²) in [6.45, 7) is 6.48. The maximum absolute atomic E-state index is 6.50. The first kappa shape index (κ1) is 15.9. The van der Waals surface area contributed by atoms with Crippen molar-refractivity contribution in [3.8, 4) is 0 Å². The molecule has 1 aliphatic rings. The topological polar surface area (TPSA) is 12.0 Å². The molecule has 0 bridgehead atoms. The van der Waals surface area contributed by atoms with E-state index in [2.05, 4.69) is 43.4 Å². The maximum Gasteiger partial charge on any atom is 0.0488 e. The largest absolute Gasteiger partial charge is 0.315 e. The lowest BCUT2D eigenvalue weighted by atomic mass is 9.83. The fraction of sp³-hybridized carbons (Fsp3) is 0.667. The van der Waals surface area contributed by atoms with E-state index in [1.165, 1.54) is 32.1 Å². The van der Waals surface area contributed by atoms with Gasteiger partial charge in [-0.1, -0.05) is 51.0 Å². The van der Waals surface area contributed by atoms with Gasteiger partial charge in [0.25, 0.3) is 0 Å². The Labute approximate surface area is 129 Å². The SMILES string of the molecule is CCC(CC)C(Cl)CNCC1CCCc2ccccc21. The zero-order chi connectivity index (χ0) is 14.4. The second-order valence-corrected chi connectivity index (χ2v) is 6.60. The van der Waals surface area contributed by atoms with Crippen molar-refractivity contribution in [2.24, 2.45) is 5.92 Å². The minimum Gasteiger partial charge on any atom is -0.315 e. The Balaban J connectivity index is 1.83. The Morgan fingerprint density at radius 2 is 2.00 bits per heavy atom. The molecule has 1 nitrogen and oxygen atoms in total. The lowest BCUT2D eigenvalue weighted by molar-refractivity contribution is 0.431. The molecule has 0 radical (unpaired) electrons. The van der Waals surface area contributed by atoms with Gasteiger partial charge in [0.15, 0.2) is 0 Å². The van der Waals surface area contributed by atoms with Crippen molar-refractivity contribution in [2.75, 3.05) is 13.1 Å². The summed E-state index contributed by atoms with van der Waals surface area (Å²) in [5.74, 6) is 1.31. The lowest BCUT2D eigenvalue weighted by Crippen LogP contribution is -2.32. The highest BCUT2D eigenvalue weighted by Crippen LogP contribution is 2.30. The van der Waals surface area contributed by atoms with Gasteiger partial charge in [0.2, 0.25) is 0 Å². The van der Waals surface area contributed by atoms with Gasteiger partial charge in [-0.3, -0.25) is 0 Å². The zero-order valence-electron chi connectivity index (χ0n) is 12.9. The molecule has 0 fully saturated rings. The van der Waals surface area contributed by atoms with Gasteiger partial charge in [0.05, 0.1) is 0 Å². The van der Waals surface area contributed by atoms with Gasteiger partial charge in [-0.25, -0.2) is 0 Å². The third kappa shape index (κ3) is 3.99. The minimum absolute atomic E-state index is 0.267. The third-order valence-electron chi connectivity index (χ3n) is 4.78. The monoisotopic (exact) mass is 293 g/mol. The highest BCUT2D eigenvalue weighted by molar-refractivity contribution is 6.21. The predicted octanol–water partition coefficient (Wildman–Crippen LogP) is 4.74. The number of nitrogens with one attached hydrogen (secondary N) is 1. The van der Waals surface area contributed by atoms with Crippen LogP contribution in [0.4, 0.5) is 0 Å². The summed E-state index contributed by atoms with van der Waals surface area (Å²) in [5.41, 5.74) is 3.10. The second kappa shape index (κ2) is 8.05. The van der Waals surface area contributed by atoms with E-state index in [1.807, 2.05) is 0 Å². The van der Waals surface area contributed by atoms with Crippen molar-refractivity contribution < 1.29 is 0 Å². The molecule has 0 saturated carbocycles. The Morgan fingerprint density at radius 3 is 2.75 bits per heavy atom. The van der Waals surface area contributed by atoms with E-state index < -0.39 is 0 Å². The van der Waals surface area contributed by atoms with E-state index in [9.17, 15) is 0 Å². The molecule has 1 aliphatic carbocycles. The van der Waals surface area contributed by atoms with Gasteiger partial charge in [-0.15, -0.1) is 11.6 Å². The summed E-state index contributed by atoms with van der Waals surface area (Å²) in [6, 6.07) is 8.93. The molecule has 1 aromatic rings. The first-order valence-corrected chi connectivity index (χ1v) is 8.62. The number of alkyl halides is 1. The third-order valence-corrected chi connectivity index (χ3v) is 5.29. The van der Waals surface area contributed by atoms with Gasteiger partial charge in [-0.05, 0) is 42.2 Å². The molecule has 2 atom stereocenters. The lowest BCUT2D eigenvalue weighted by Gasteiger charge is -2.27. The summed E-state index contributed by atoms with van der Waals surface area (Å²) < 4.78 is 0. The van der Waals surface area contributed by atoms with Gasteiger partial charge in [-0.2, -0.15) is 0 Å². The highest BCUT2D eigenvalue weighted by Gasteiger charge is 2.20.